The molecule has 96 valence electrons. The van der Waals surface area contributed by atoms with Crippen LogP contribution in [0.25, 0.3) is 0 Å². The van der Waals surface area contributed by atoms with Crippen molar-refractivity contribution in [1.82, 2.24) is 10.6 Å². The second-order valence-corrected chi connectivity index (χ2v) is 6.88. The van der Waals surface area contributed by atoms with Crippen LogP contribution in [0.4, 0.5) is 0 Å². The van der Waals surface area contributed by atoms with E-state index in [2.05, 4.69) is 45.3 Å². The number of hydrogen-bond donors (Lipinski definition) is 3. The fourth-order valence-electron chi connectivity index (χ4n) is 3.63. The molecule has 0 amide bonds. The largest absolute Gasteiger partial charge is 0.330 e. The summed E-state index contributed by atoms with van der Waals surface area (Å²) in [5.74, 6) is 0. The van der Waals surface area contributed by atoms with Gasteiger partial charge in [-0.25, -0.2) is 0 Å². The van der Waals surface area contributed by atoms with Gasteiger partial charge in [0.2, 0.25) is 0 Å². The van der Waals surface area contributed by atoms with Gasteiger partial charge < -0.3 is 16.4 Å². The predicted octanol–water partition coefficient (Wildman–Crippen LogP) is 1.62. The summed E-state index contributed by atoms with van der Waals surface area (Å²) in [6, 6.07) is 0. The first-order valence-corrected chi connectivity index (χ1v) is 6.43. The zero-order valence-electron chi connectivity index (χ0n) is 11.6. The maximum atomic E-state index is 5.54. The van der Waals surface area contributed by atoms with E-state index in [1.807, 2.05) is 0 Å². The topological polar surface area (TPSA) is 50.1 Å². The first-order chi connectivity index (χ1) is 7.18. The summed E-state index contributed by atoms with van der Waals surface area (Å²) in [5, 5.41) is 7.40. The molecule has 1 fully saturated rings. The second kappa shape index (κ2) is 4.63. The maximum Gasteiger partial charge on any atom is 0.0188 e. The molecule has 0 aromatic heterocycles. The van der Waals surface area contributed by atoms with Gasteiger partial charge in [0.1, 0.15) is 0 Å². The van der Waals surface area contributed by atoms with E-state index in [-0.39, 0.29) is 16.6 Å². The van der Waals surface area contributed by atoms with Crippen LogP contribution in [0.2, 0.25) is 0 Å². The summed E-state index contributed by atoms with van der Waals surface area (Å²) in [7, 11) is 0. The summed E-state index contributed by atoms with van der Waals surface area (Å²) in [4.78, 5) is 0. The third-order valence-corrected chi connectivity index (χ3v) is 3.27. The summed E-state index contributed by atoms with van der Waals surface area (Å²) in [5.41, 5.74) is 6.17. The van der Waals surface area contributed by atoms with Gasteiger partial charge in [-0.1, -0.05) is 0 Å². The molecule has 0 spiro atoms. The Morgan fingerprint density at radius 3 is 2.00 bits per heavy atom. The van der Waals surface area contributed by atoms with Crippen molar-refractivity contribution in [2.24, 2.45) is 5.73 Å². The molecule has 0 radical (unpaired) electrons. The minimum Gasteiger partial charge on any atom is -0.330 e. The van der Waals surface area contributed by atoms with Crippen molar-refractivity contribution in [1.29, 1.82) is 0 Å². The van der Waals surface area contributed by atoms with Crippen LogP contribution in [0.15, 0.2) is 0 Å². The van der Waals surface area contributed by atoms with Gasteiger partial charge in [0.25, 0.3) is 0 Å². The minimum absolute atomic E-state index is 0.201. The number of nitrogens with two attached hydrogens (primary N) is 1. The van der Waals surface area contributed by atoms with Crippen LogP contribution in [0.1, 0.15) is 53.9 Å². The highest BCUT2D eigenvalue weighted by Gasteiger charge is 2.43. The minimum atomic E-state index is 0.201. The lowest BCUT2D eigenvalue weighted by Gasteiger charge is -2.52. The van der Waals surface area contributed by atoms with Gasteiger partial charge in [0, 0.05) is 16.6 Å². The van der Waals surface area contributed by atoms with Crippen LogP contribution < -0.4 is 16.4 Å². The fourth-order valence-corrected chi connectivity index (χ4v) is 3.63. The van der Waals surface area contributed by atoms with Crippen molar-refractivity contribution in [2.75, 3.05) is 13.1 Å². The van der Waals surface area contributed by atoms with E-state index in [1.165, 1.54) is 0 Å². The number of rotatable bonds is 4. The van der Waals surface area contributed by atoms with E-state index in [9.17, 15) is 0 Å². The van der Waals surface area contributed by atoms with E-state index >= 15 is 0 Å². The number of hydrogen-bond acceptors (Lipinski definition) is 3. The van der Waals surface area contributed by atoms with Crippen molar-refractivity contribution in [3.8, 4) is 0 Å². The van der Waals surface area contributed by atoms with Crippen LogP contribution in [-0.4, -0.2) is 29.7 Å². The standard InChI is InChI=1S/C13H29N3/c1-11(2)9-13(5,15-8-6-7-14)10-12(3,4)16-11/h15-16H,6-10,14H2,1-5H3. The average Bonchev–Trinajstić information content (AvgIpc) is 1.96. The van der Waals surface area contributed by atoms with Gasteiger partial charge in [-0.3, -0.25) is 0 Å². The molecule has 1 aliphatic heterocycles. The van der Waals surface area contributed by atoms with Gasteiger partial charge in [0.15, 0.2) is 0 Å². The lowest BCUT2D eigenvalue weighted by molar-refractivity contribution is 0.0913. The monoisotopic (exact) mass is 227 g/mol. The van der Waals surface area contributed by atoms with Crippen molar-refractivity contribution < 1.29 is 0 Å². The fraction of sp³-hybridized carbons (Fsp3) is 1.00. The first-order valence-electron chi connectivity index (χ1n) is 6.43. The SMILES string of the molecule is CC1(C)CC(C)(NCCCN)CC(C)(C)N1. The van der Waals surface area contributed by atoms with Crippen molar-refractivity contribution in [3.63, 3.8) is 0 Å². The Morgan fingerprint density at radius 2 is 1.56 bits per heavy atom. The molecule has 1 heterocycles. The number of nitrogens with one attached hydrogen (secondary N) is 2. The molecule has 1 aliphatic rings. The average molecular weight is 227 g/mol. The molecule has 1 saturated heterocycles. The van der Waals surface area contributed by atoms with Gasteiger partial charge in [-0.15, -0.1) is 0 Å². The lowest BCUT2D eigenvalue weighted by atomic mass is 9.72. The van der Waals surface area contributed by atoms with Crippen molar-refractivity contribution in [2.45, 2.75) is 70.5 Å². The molecule has 1 rings (SSSR count). The van der Waals surface area contributed by atoms with Crippen LogP contribution in [-0.2, 0) is 0 Å². The Morgan fingerprint density at radius 1 is 1.06 bits per heavy atom. The highest BCUT2D eigenvalue weighted by atomic mass is 15.1. The van der Waals surface area contributed by atoms with E-state index in [0.29, 0.717) is 0 Å². The third-order valence-electron chi connectivity index (χ3n) is 3.27. The zero-order valence-corrected chi connectivity index (χ0v) is 11.6. The van der Waals surface area contributed by atoms with E-state index in [4.69, 9.17) is 5.73 Å². The van der Waals surface area contributed by atoms with Gasteiger partial charge >= 0.3 is 0 Å². The molecule has 0 aliphatic carbocycles. The summed E-state index contributed by atoms with van der Waals surface area (Å²) < 4.78 is 0. The molecule has 0 aromatic carbocycles. The molecule has 0 aromatic rings. The Hall–Kier alpha value is -0.120. The van der Waals surface area contributed by atoms with Gasteiger partial charge in [-0.2, -0.15) is 0 Å². The zero-order chi connectivity index (χ0) is 12.4. The van der Waals surface area contributed by atoms with Crippen LogP contribution in [0.5, 0.6) is 0 Å². The van der Waals surface area contributed by atoms with E-state index < -0.39 is 0 Å². The Bertz CT molecular complexity index is 217. The normalized spacial score (nSPS) is 26.6. The molecule has 16 heavy (non-hydrogen) atoms. The molecule has 3 heteroatoms. The van der Waals surface area contributed by atoms with Crippen LogP contribution in [0, 0.1) is 0 Å². The van der Waals surface area contributed by atoms with Crippen molar-refractivity contribution >= 4 is 0 Å². The summed E-state index contributed by atoms with van der Waals surface area (Å²) in [6.07, 6.45) is 3.38. The van der Waals surface area contributed by atoms with Gasteiger partial charge in [0.05, 0.1) is 0 Å². The second-order valence-electron chi connectivity index (χ2n) is 6.88. The quantitative estimate of drug-likeness (QED) is 0.640. The van der Waals surface area contributed by atoms with Crippen LogP contribution in [0.3, 0.4) is 0 Å². The van der Waals surface area contributed by atoms with Crippen molar-refractivity contribution in [3.05, 3.63) is 0 Å². The third kappa shape index (κ3) is 4.04. The molecular weight excluding hydrogens is 198 g/mol. The van der Waals surface area contributed by atoms with Gasteiger partial charge in [-0.05, 0) is 67.0 Å². The number of piperidine rings is 1. The van der Waals surface area contributed by atoms with Crippen LogP contribution >= 0.6 is 0 Å². The molecule has 4 N–H and O–H groups in total. The summed E-state index contributed by atoms with van der Waals surface area (Å²) >= 11 is 0. The Balaban J connectivity index is 2.64. The summed E-state index contributed by atoms with van der Waals surface area (Å²) in [6.45, 7) is 13.3. The van der Waals surface area contributed by atoms with E-state index in [1.54, 1.807) is 0 Å². The molecule has 0 unspecified atom stereocenters. The molecule has 0 bridgehead atoms. The lowest BCUT2D eigenvalue weighted by Crippen LogP contribution is -2.66. The Kier molecular flexibility index (Phi) is 4.04. The molecule has 0 atom stereocenters. The molecule has 0 saturated carbocycles. The Labute approximate surface area is 101 Å². The molecule has 3 nitrogen and oxygen atoms in total. The first kappa shape index (κ1) is 13.9. The molecular formula is C13H29N3. The predicted molar refractivity (Wildman–Crippen MR) is 70.6 cm³/mol. The van der Waals surface area contributed by atoms with E-state index in [0.717, 1.165) is 32.4 Å². The highest BCUT2D eigenvalue weighted by Crippen LogP contribution is 2.35. The highest BCUT2D eigenvalue weighted by molar-refractivity contribution is 5.05. The maximum absolute atomic E-state index is 5.54. The smallest absolute Gasteiger partial charge is 0.0188 e.